The number of aryl methyl sites for hydroxylation is 1. The number of rotatable bonds is 2. The monoisotopic (exact) mass is 192 g/mol. The molecule has 1 aliphatic rings. The second-order valence-electron chi connectivity index (χ2n) is 4.29. The van der Waals surface area contributed by atoms with Crippen molar-refractivity contribution >= 4 is 11.8 Å². The normalized spacial score (nSPS) is 18.7. The predicted octanol–water partition coefficient (Wildman–Crippen LogP) is 1.72. The highest BCUT2D eigenvalue weighted by Crippen LogP contribution is 2.34. The first-order valence-corrected chi connectivity index (χ1v) is 4.97. The van der Waals surface area contributed by atoms with Crippen molar-refractivity contribution in [1.82, 2.24) is 9.97 Å². The molecule has 0 radical (unpaired) electrons. The number of nitrogens with two attached hydrogens (primary N) is 1. The van der Waals surface area contributed by atoms with Gasteiger partial charge in [-0.2, -0.15) is 4.98 Å². The largest absolute Gasteiger partial charge is 0.368 e. The maximum absolute atomic E-state index is 5.58. The SMILES string of the molecule is Cc1cc(NC2(C)CCC2)nc(N)n1. The maximum Gasteiger partial charge on any atom is 0.222 e. The molecule has 1 fully saturated rings. The number of hydrogen-bond acceptors (Lipinski definition) is 4. The summed E-state index contributed by atoms with van der Waals surface area (Å²) in [5.41, 5.74) is 6.70. The zero-order valence-electron chi connectivity index (χ0n) is 8.67. The van der Waals surface area contributed by atoms with Gasteiger partial charge in [0.25, 0.3) is 0 Å². The Labute approximate surface area is 83.9 Å². The van der Waals surface area contributed by atoms with E-state index in [2.05, 4.69) is 22.2 Å². The first kappa shape index (κ1) is 9.24. The second kappa shape index (κ2) is 3.12. The standard InChI is InChI=1S/C10H16N4/c1-7-6-8(13-9(11)12-7)14-10(2)4-3-5-10/h6H,3-5H2,1-2H3,(H3,11,12,13,14). The van der Waals surface area contributed by atoms with Crippen LogP contribution >= 0.6 is 0 Å². The summed E-state index contributed by atoms with van der Waals surface area (Å²) in [7, 11) is 0. The summed E-state index contributed by atoms with van der Waals surface area (Å²) >= 11 is 0. The summed E-state index contributed by atoms with van der Waals surface area (Å²) in [6.45, 7) is 4.14. The van der Waals surface area contributed by atoms with Gasteiger partial charge in [-0.1, -0.05) is 0 Å². The van der Waals surface area contributed by atoms with Gasteiger partial charge in [0, 0.05) is 17.3 Å². The van der Waals surface area contributed by atoms with E-state index in [1.54, 1.807) is 0 Å². The summed E-state index contributed by atoms with van der Waals surface area (Å²) in [5, 5.41) is 3.41. The van der Waals surface area contributed by atoms with E-state index >= 15 is 0 Å². The average Bonchev–Trinajstić information content (AvgIpc) is 1.99. The summed E-state index contributed by atoms with van der Waals surface area (Å²) in [5.74, 6) is 1.19. The fraction of sp³-hybridized carbons (Fsp3) is 0.600. The van der Waals surface area contributed by atoms with Crippen LogP contribution in [0.4, 0.5) is 11.8 Å². The van der Waals surface area contributed by atoms with E-state index in [4.69, 9.17) is 5.73 Å². The minimum absolute atomic E-state index is 0.216. The Morgan fingerprint density at radius 1 is 1.43 bits per heavy atom. The third-order valence-electron chi connectivity index (χ3n) is 2.76. The summed E-state index contributed by atoms with van der Waals surface area (Å²) in [6, 6.07) is 1.93. The van der Waals surface area contributed by atoms with Gasteiger partial charge < -0.3 is 11.1 Å². The molecular formula is C10H16N4. The molecule has 0 amide bonds. The average molecular weight is 192 g/mol. The van der Waals surface area contributed by atoms with Gasteiger partial charge in [-0.3, -0.25) is 0 Å². The third-order valence-corrected chi connectivity index (χ3v) is 2.76. The van der Waals surface area contributed by atoms with Gasteiger partial charge >= 0.3 is 0 Å². The molecule has 0 aromatic carbocycles. The van der Waals surface area contributed by atoms with Crippen LogP contribution < -0.4 is 11.1 Å². The molecule has 3 N–H and O–H groups in total. The van der Waals surface area contributed by atoms with Crippen molar-refractivity contribution in [3.05, 3.63) is 11.8 Å². The molecule has 0 unspecified atom stereocenters. The molecule has 1 saturated carbocycles. The number of nitrogens with one attached hydrogen (secondary N) is 1. The molecule has 76 valence electrons. The zero-order valence-corrected chi connectivity index (χ0v) is 8.67. The van der Waals surface area contributed by atoms with Crippen LogP contribution in [0.3, 0.4) is 0 Å². The molecule has 2 rings (SSSR count). The number of aromatic nitrogens is 2. The fourth-order valence-corrected chi connectivity index (χ4v) is 1.80. The number of hydrogen-bond donors (Lipinski definition) is 2. The van der Waals surface area contributed by atoms with Crippen LogP contribution in [0.15, 0.2) is 6.07 Å². The predicted molar refractivity (Wildman–Crippen MR) is 57.1 cm³/mol. The van der Waals surface area contributed by atoms with Crippen LogP contribution in [0.1, 0.15) is 31.9 Å². The molecule has 4 heteroatoms. The Balaban J connectivity index is 2.16. The van der Waals surface area contributed by atoms with Crippen LogP contribution in [-0.4, -0.2) is 15.5 Å². The minimum atomic E-state index is 0.216. The van der Waals surface area contributed by atoms with Crippen molar-refractivity contribution in [2.75, 3.05) is 11.1 Å². The van der Waals surface area contributed by atoms with E-state index < -0.39 is 0 Å². The van der Waals surface area contributed by atoms with Gasteiger partial charge in [0.2, 0.25) is 5.95 Å². The van der Waals surface area contributed by atoms with Crippen molar-refractivity contribution in [2.45, 2.75) is 38.6 Å². The highest BCUT2D eigenvalue weighted by Gasteiger charge is 2.31. The zero-order chi connectivity index (χ0) is 10.2. The maximum atomic E-state index is 5.58. The molecule has 1 aromatic heterocycles. The highest BCUT2D eigenvalue weighted by molar-refractivity contribution is 5.43. The molecule has 0 atom stereocenters. The second-order valence-corrected chi connectivity index (χ2v) is 4.29. The van der Waals surface area contributed by atoms with Crippen LogP contribution in [0.2, 0.25) is 0 Å². The molecule has 4 nitrogen and oxygen atoms in total. The molecular weight excluding hydrogens is 176 g/mol. The first-order chi connectivity index (χ1) is 6.57. The molecule has 0 aliphatic heterocycles. The van der Waals surface area contributed by atoms with Crippen molar-refractivity contribution < 1.29 is 0 Å². The smallest absolute Gasteiger partial charge is 0.222 e. The van der Waals surface area contributed by atoms with Gasteiger partial charge in [-0.05, 0) is 33.1 Å². The molecule has 0 spiro atoms. The quantitative estimate of drug-likeness (QED) is 0.749. The molecule has 14 heavy (non-hydrogen) atoms. The van der Waals surface area contributed by atoms with E-state index in [1.165, 1.54) is 19.3 Å². The van der Waals surface area contributed by atoms with Crippen LogP contribution in [0, 0.1) is 6.92 Å². The molecule has 1 aliphatic carbocycles. The Morgan fingerprint density at radius 3 is 2.64 bits per heavy atom. The van der Waals surface area contributed by atoms with E-state index in [0.717, 1.165) is 11.5 Å². The van der Waals surface area contributed by atoms with E-state index in [9.17, 15) is 0 Å². The summed E-state index contributed by atoms with van der Waals surface area (Å²) < 4.78 is 0. The summed E-state index contributed by atoms with van der Waals surface area (Å²) in [4.78, 5) is 8.19. The lowest BCUT2D eigenvalue weighted by Crippen LogP contribution is -2.41. The molecule has 1 heterocycles. The van der Waals surface area contributed by atoms with Crippen molar-refractivity contribution in [1.29, 1.82) is 0 Å². The Morgan fingerprint density at radius 2 is 2.14 bits per heavy atom. The lowest BCUT2D eigenvalue weighted by Gasteiger charge is -2.39. The van der Waals surface area contributed by atoms with Gasteiger partial charge in [-0.25, -0.2) is 4.98 Å². The van der Waals surface area contributed by atoms with Gasteiger partial charge in [0.1, 0.15) is 5.82 Å². The minimum Gasteiger partial charge on any atom is -0.368 e. The lowest BCUT2D eigenvalue weighted by molar-refractivity contribution is 0.306. The van der Waals surface area contributed by atoms with E-state index in [0.29, 0.717) is 5.95 Å². The van der Waals surface area contributed by atoms with Gasteiger partial charge in [-0.15, -0.1) is 0 Å². The topological polar surface area (TPSA) is 63.8 Å². The van der Waals surface area contributed by atoms with Crippen molar-refractivity contribution in [2.24, 2.45) is 0 Å². The van der Waals surface area contributed by atoms with Gasteiger partial charge in [0.05, 0.1) is 0 Å². The Bertz CT molecular complexity index is 324. The third kappa shape index (κ3) is 1.78. The number of nitrogens with zero attached hydrogens (tertiary/aromatic N) is 2. The van der Waals surface area contributed by atoms with Gasteiger partial charge in [0.15, 0.2) is 0 Å². The lowest BCUT2D eigenvalue weighted by atomic mass is 9.78. The molecule has 1 aromatic rings. The number of anilines is 2. The number of nitrogen functional groups attached to an aromatic ring is 1. The van der Waals surface area contributed by atoms with E-state index in [1.807, 2.05) is 13.0 Å². The van der Waals surface area contributed by atoms with Crippen molar-refractivity contribution in [3.63, 3.8) is 0 Å². The van der Waals surface area contributed by atoms with Crippen LogP contribution in [0.5, 0.6) is 0 Å². The molecule has 0 bridgehead atoms. The van der Waals surface area contributed by atoms with Crippen LogP contribution in [-0.2, 0) is 0 Å². The molecule has 0 saturated heterocycles. The Hall–Kier alpha value is -1.32. The fourth-order valence-electron chi connectivity index (χ4n) is 1.80. The van der Waals surface area contributed by atoms with Crippen LogP contribution in [0.25, 0.3) is 0 Å². The highest BCUT2D eigenvalue weighted by atomic mass is 15.1. The Kier molecular flexibility index (Phi) is 2.06. The summed E-state index contributed by atoms with van der Waals surface area (Å²) in [6.07, 6.45) is 3.70. The van der Waals surface area contributed by atoms with Crippen molar-refractivity contribution in [3.8, 4) is 0 Å². The first-order valence-electron chi connectivity index (χ1n) is 4.97. The van der Waals surface area contributed by atoms with E-state index in [-0.39, 0.29) is 5.54 Å².